The molecule has 3 aromatic rings. The molecule has 11 heteroatoms. The zero-order valence-electron chi connectivity index (χ0n) is 16.2. The topological polar surface area (TPSA) is 115 Å². The van der Waals surface area contributed by atoms with Gasteiger partial charge in [-0.2, -0.15) is 0 Å². The Morgan fingerprint density at radius 1 is 1.37 bits per heavy atom. The van der Waals surface area contributed by atoms with Crippen molar-refractivity contribution in [2.75, 3.05) is 22.8 Å². The fraction of sp³-hybridized carbons (Fsp3) is 0.211. The van der Waals surface area contributed by atoms with Crippen molar-refractivity contribution in [2.24, 2.45) is 0 Å². The molecule has 1 aliphatic rings. The van der Waals surface area contributed by atoms with E-state index in [0.29, 0.717) is 23.7 Å². The van der Waals surface area contributed by atoms with Crippen molar-refractivity contribution in [3.05, 3.63) is 47.7 Å². The number of aryl methyl sites for hydroxylation is 2. The van der Waals surface area contributed by atoms with E-state index < -0.39 is 10.0 Å². The Bertz CT molecular complexity index is 1230. The van der Waals surface area contributed by atoms with Crippen molar-refractivity contribution in [2.45, 2.75) is 18.7 Å². The van der Waals surface area contributed by atoms with E-state index in [1.165, 1.54) is 6.92 Å². The summed E-state index contributed by atoms with van der Waals surface area (Å²) in [6, 6.07) is 5.36. The molecule has 1 N–H and O–H groups in total. The Morgan fingerprint density at radius 3 is 2.87 bits per heavy atom. The van der Waals surface area contributed by atoms with Crippen LogP contribution in [-0.2, 0) is 14.8 Å². The summed E-state index contributed by atoms with van der Waals surface area (Å²) in [5, 5.41) is 5.62. The van der Waals surface area contributed by atoms with Crippen LogP contribution in [0.15, 0.2) is 45.7 Å². The summed E-state index contributed by atoms with van der Waals surface area (Å²) in [5.74, 6) is 0.638. The smallest absolute Gasteiger partial charge is 0.269 e. The Kier molecular flexibility index (Phi) is 5.08. The lowest BCUT2D eigenvalue weighted by molar-refractivity contribution is -0.121. The number of anilines is 2. The van der Waals surface area contributed by atoms with Gasteiger partial charge in [-0.1, -0.05) is 11.2 Å². The monoisotopic (exact) mass is 446 g/mol. The van der Waals surface area contributed by atoms with Crippen LogP contribution in [0.4, 0.5) is 10.8 Å². The van der Waals surface area contributed by atoms with Crippen LogP contribution in [0.3, 0.4) is 0 Å². The molecule has 4 rings (SSSR count). The van der Waals surface area contributed by atoms with Gasteiger partial charge in [0, 0.05) is 17.5 Å². The lowest BCUT2D eigenvalue weighted by atomic mass is 10.1. The molecule has 0 unspecified atom stereocenters. The van der Waals surface area contributed by atoms with Crippen molar-refractivity contribution in [3.63, 3.8) is 0 Å². The van der Waals surface area contributed by atoms with Crippen LogP contribution >= 0.6 is 11.3 Å². The van der Waals surface area contributed by atoms with Gasteiger partial charge in [0.25, 0.3) is 15.9 Å². The van der Waals surface area contributed by atoms with E-state index in [2.05, 4.69) is 21.4 Å². The lowest BCUT2D eigenvalue weighted by Crippen LogP contribution is -2.38. The Morgan fingerprint density at radius 2 is 2.17 bits per heavy atom. The summed E-state index contributed by atoms with van der Waals surface area (Å²) >= 11 is 1.15. The van der Waals surface area contributed by atoms with Crippen LogP contribution in [0.5, 0.6) is 5.75 Å². The van der Waals surface area contributed by atoms with E-state index in [9.17, 15) is 13.2 Å². The first kappa shape index (κ1) is 20.1. The molecule has 0 bridgehead atoms. The minimum absolute atomic E-state index is 0.00348. The molecule has 0 spiro atoms. The van der Waals surface area contributed by atoms with Crippen LogP contribution in [-0.4, -0.2) is 37.6 Å². The zero-order valence-corrected chi connectivity index (χ0v) is 17.8. The molecule has 1 aliphatic heterocycles. The number of thiazole rings is 1. The van der Waals surface area contributed by atoms with Crippen molar-refractivity contribution in [1.82, 2.24) is 10.1 Å². The molecular formula is C19H18N4O5S2. The molecule has 0 aliphatic carbocycles. The Balaban J connectivity index is 1.64. The number of hydrogen-bond donors (Lipinski definition) is 1. The summed E-state index contributed by atoms with van der Waals surface area (Å²) in [7, 11) is -3.88. The van der Waals surface area contributed by atoms with E-state index in [-0.39, 0.29) is 34.0 Å². The van der Waals surface area contributed by atoms with Gasteiger partial charge in [-0.3, -0.25) is 9.52 Å². The second kappa shape index (κ2) is 7.58. The summed E-state index contributed by atoms with van der Waals surface area (Å²) in [5.41, 5.74) is 2.18. The Labute approximate surface area is 177 Å². The predicted molar refractivity (Wildman–Crippen MR) is 112 cm³/mol. The zero-order chi connectivity index (χ0) is 21.5. The van der Waals surface area contributed by atoms with Crippen molar-refractivity contribution in [3.8, 4) is 17.0 Å². The summed E-state index contributed by atoms with van der Waals surface area (Å²) in [4.78, 5) is 18.1. The molecule has 1 amide bonds. The molecule has 0 fully saturated rings. The molecule has 3 heterocycles. The molecule has 1 aromatic carbocycles. The van der Waals surface area contributed by atoms with Crippen LogP contribution in [0, 0.1) is 13.8 Å². The number of nitrogens with one attached hydrogen (secondary N) is 1. The number of sulfonamides is 1. The summed E-state index contributed by atoms with van der Waals surface area (Å²) in [6.45, 7) is 7.12. The van der Waals surface area contributed by atoms with Crippen molar-refractivity contribution in [1.29, 1.82) is 0 Å². The van der Waals surface area contributed by atoms with Crippen LogP contribution in [0.1, 0.15) is 11.5 Å². The number of amides is 1. The third kappa shape index (κ3) is 3.57. The normalized spacial score (nSPS) is 13.7. The average molecular weight is 447 g/mol. The molecule has 0 saturated heterocycles. The largest absolute Gasteiger partial charge is 0.482 e. The lowest BCUT2D eigenvalue weighted by Gasteiger charge is -2.28. The average Bonchev–Trinajstić information content (AvgIpc) is 3.29. The third-order valence-corrected chi connectivity index (χ3v) is 6.94. The number of aromatic nitrogens is 2. The van der Waals surface area contributed by atoms with Gasteiger partial charge in [0.15, 0.2) is 22.4 Å². The second-order valence-electron chi connectivity index (χ2n) is 6.56. The van der Waals surface area contributed by atoms with Crippen molar-refractivity contribution < 1.29 is 22.5 Å². The molecule has 30 heavy (non-hydrogen) atoms. The van der Waals surface area contributed by atoms with Crippen LogP contribution in [0.25, 0.3) is 11.3 Å². The highest BCUT2D eigenvalue weighted by Gasteiger charge is 2.27. The summed E-state index contributed by atoms with van der Waals surface area (Å²) < 4.78 is 38.3. The number of fused-ring (bicyclic) bond motifs is 1. The quantitative estimate of drug-likeness (QED) is 0.579. The number of ether oxygens (including phenoxy) is 1. The first-order chi connectivity index (χ1) is 14.3. The van der Waals surface area contributed by atoms with E-state index >= 15 is 0 Å². The molecule has 156 valence electrons. The molecule has 0 radical (unpaired) electrons. The summed E-state index contributed by atoms with van der Waals surface area (Å²) in [6.07, 6.45) is 1.64. The third-order valence-electron chi connectivity index (χ3n) is 4.47. The number of nitrogens with zero attached hydrogens (tertiary/aromatic N) is 3. The first-order valence-corrected chi connectivity index (χ1v) is 11.3. The van der Waals surface area contributed by atoms with Crippen LogP contribution in [0.2, 0.25) is 0 Å². The van der Waals surface area contributed by atoms with E-state index in [0.717, 1.165) is 16.9 Å². The Hall–Kier alpha value is -3.18. The molecule has 0 atom stereocenters. The van der Waals surface area contributed by atoms with Crippen molar-refractivity contribution >= 4 is 38.1 Å². The molecular weight excluding hydrogens is 428 g/mol. The highest BCUT2D eigenvalue weighted by Crippen LogP contribution is 2.37. The van der Waals surface area contributed by atoms with Gasteiger partial charge in [-0.05, 0) is 32.0 Å². The minimum atomic E-state index is -3.88. The van der Waals surface area contributed by atoms with Gasteiger partial charge >= 0.3 is 0 Å². The fourth-order valence-corrected chi connectivity index (χ4v) is 5.47. The molecule has 9 nitrogen and oxygen atoms in total. The maximum Gasteiger partial charge on any atom is 0.269 e. The minimum Gasteiger partial charge on any atom is -0.482 e. The predicted octanol–water partition coefficient (Wildman–Crippen LogP) is 3.13. The maximum atomic E-state index is 12.7. The van der Waals surface area contributed by atoms with Crippen LogP contribution < -0.4 is 14.4 Å². The van der Waals surface area contributed by atoms with E-state index in [1.807, 2.05) is 6.07 Å². The SMILES string of the molecule is C=CCN1C(=O)COc2ccc(-c3csc(NS(=O)(=O)c4c(C)noc4C)n3)cc21. The number of hydrogen-bond acceptors (Lipinski definition) is 8. The fourth-order valence-electron chi connectivity index (χ4n) is 3.17. The molecule has 0 saturated carbocycles. The van der Waals surface area contributed by atoms with Gasteiger partial charge in [0.1, 0.15) is 11.4 Å². The van der Waals surface area contributed by atoms with Gasteiger partial charge in [0.2, 0.25) is 0 Å². The first-order valence-electron chi connectivity index (χ1n) is 8.90. The second-order valence-corrected chi connectivity index (χ2v) is 9.04. The van der Waals surface area contributed by atoms with Gasteiger partial charge < -0.3 is 14.2 Å². The number of rotatable bonds is 6. The van der Waals surface area contributed by atoms with E-state index in [1.54, 1.807) is 35.4 Å². The number of carbonyl (C=O) groups excluding carboxylic acids is 1. The van der Waals surface area contributed by atoms with Gasteiger partial charge in [-0.15, -0.1) is 17.9 Å². The highest BCUT2D eigenvalue weighted by molar-refractivity contribution is 7.93. The van der Waals surface area contributed by atoms with E-state index in [4.69, 9.17) is 9.26 Å². The highest BCUT2D eigenvalue weighted by atomic mass is 32.2. The van der Waals surface area contributed by atoms with Gasteiger partial charge in [0.05, 0.1) is 11.4 Å². The number of carbonyl (C=O) groups is 1. The maximum absolute atomic E-state index is 12.7. The molecule has 2 aromatic heterocycles. The number of benzene rings is 1. The van der Waals surface area contributed by atoms with Gasteiger partial charge in [-0.25, -0.2) is 13.4 Å². The standard InChI is InChI=1S/C19H18N4O5S2/c1-4-7-23-15-8-13(5-6-16(15)27-9-17(23)24)14-10-29-19(20-14)22-30(25,26)18-11(2)21-28-12(18)3/h4-6,8,10H,1,7,9H2,2-3H3,(H,20,22).